The van der Waals surface area contributed by atoms with Gasteiger partial charge in [0.05, 0.1) is 6.61 Å². The van der Waals surface area contributed by atoms with E-state index in [2.05, 4.69) is 9.47 Å². The predicted octanol–water partition coefficient (Wildman–Crippen LogP) is -0.574. The fourth-order valence-electron chi connectivity index (χ4n) is 1.59. The maximum atomic E-state index is 11.4. The minimum atomic E-state index is -2.81. The highest BCUT2D eigenvalue weighted by Crippen LogP contribution is 2.20. The van der Waals surface area contributed by atoms with Crippen LogP contribution >= 0.6 is 0 Å². The molecule has 0 saturated carbocycles. The number of esters is 2. The van der Waals surface area contributed by atoms with Crippen LogP contribution in [0.2, 0.25) is 0 Å². The van der Waals surface area contributed by atoms with Crippen LogP contribution < -0.4 is 0 Å². The van der Waals surface area contributed by atoms with Crippen LogP contribution in [-0.4, -0.2) is 45.9 Å². The fraction of sp³-hybridized carbons (Fsp3) is 0.818. The molecule has 18 heavy (non-hydrogen) atoms. The fourth-order valence-corrected chi connectivity index (χ4v) is 1.59. The molecule has 0 aromatic rings. The van der Waals surface area contributed by atoms with Crippen molar-refractivity contribution in [1.29, 1.82) is 0 Å². The van der Waals surface area contributed by atoms with E-state index < -0.39 is 30.6 Å². The molecule has 1 atom stereocenters. The number of carbonyl (C=O) groups excluding carboxylic acids is 2. The maximum Gasteiger partial charge on any atom is 0.403 e. The van der Waals surface area contributed by atoms with Gasteiger partial charge in [-0.2, -0.15) is 0 Å². The Balaban J connectivity index is 2.80. The lowest BCUT2D eigenvalue weighted by molar-refractivity contribution is -0.363. The molecule has 1 aliphatic heterocycles. The van der Waals surface area contributed by atoms with Crippen molar-refractivity contribution >= 4 is 11.9 Å². The Morgan fingerprint density at radius 1 is 1.06 bits per heavy atom. The number of rotatable bonds is 2. The van der Waals surface area contributed by atoms with Gasteiger partial charge < -0.3 is 24.8 Å². The molecule has 7 heteroatoms. The first-order valence-electron chi connectivity index (χ1n) is 5.93. The van der Waals surface area contributed by atoms with Crippen LogP contribution in [0.1, 0.15) is 38.5 Å². The second-order valence-electron chi connectivity index (χ2n) is 4.19. The van der Waals surface area contributed by atoms with E-state index in [-0.39, 0.29) is 12.8 Å². The highest BCUT2D eigenvalue weighted by atomic mass is 16.8. The van der Waals surface area contributed by atoms with E-state index in [0.717, 1.165) is 12.8 Å². The summed E-state index contributed by atoms with van der Waals surface area (Å²) >= 11 is 0. The van der Waals surface area contributed by atoms with Crippen molar-refractivity contribution in [2.75, 3.05) is 6.61 Å². The molecule has 1 saturated heterocycles. The van der Waals surface area contributed by atoms with Gasteiger partial charge >= 0.3 is 17.9 Å². The van der Waals surface area contributed by atoms with Crippen molar-refractivity contribution in [3.63, 3.8) is 0 Å². The zero-order valence-corrected chi connectivity index (χ0v) is 10.0. The van der Waals surface area contributed by atoms with Crippen LogP contribution in [0.15, 0.2) is 0 Å². The lowest BCUT2D eigenvalue weighted by atomic mass is 10.1. The lowest BCUT2D eigenvalue weighted by Crippen LogP contribution is -2.51. The zero-order chi connectivity index (χ0) is 13.6. The van der Waals surface area contributed by atoms with Gasteiger partial charge in [0, 0.05) is 12.8 Å². The maximum absolute atomic E-state index is 11.4. The molecule has 0 bridgehead atoms. The highest BCUT2D eigenvalue weighted by Gasteiger charge is 2.44. The summed E-state index contributed by atoms with van der Waals surface area (Å²) in [6.07, 6.45) is 0.880. The Bertz CT molecular complexity index is 280. The van der Waals surface area contributed by atoms with E-state index in [1.54, 1.807) is 0 Å². The second kappa shape index (κ2) is 6.67. The van der Waals surface area contributed by atoms with Crippen LogP contribution in [0.5, 0.6) is 0 Å². The summed E-state index contributed by atoms with van der Waals surface area (Å²) in [5.41, 5.74) is 0. The van der Waals surface area contributed by atoms with Crippen LogP contribution in [0, 0.1) is 0 Å². The van der Waals surface area contributed by atoms with E-state index in [1.165, 1.54) is 0 Å². The smallest absolute Gasteiger partial charge is 0.396 e. The lowest BCUT2D eigenvalue weighted by Gasteiger charge is -2.29. The van der Waals surface area contributed by atoms with Gasteiger partial charge in [-0.15, -0.1) is 0 Å². The number of aliphatic hydroxyl groups is 3. The molecule has 0 amide bonds. The van der Waals surface area contributed by atoms with Gasteiger partial charge in [-0.05, 0) is 12.8 Å². The Hall–Kier alpha value is -1.18. The van der Waals surface area contributed by atoms with Gasteiger partial charge in [-0.3, -0.25) is 9.59 Å². The predicted molar refractivity (Wildman–Crippen MR) is 57.9 cm³/mol. The third-order valence-corrected chi connectivity index (χ3v) is 2.63. The summed E-state index contributed by atoms with van der Waals surface area (Å²) in [6.45, 7) is -0.906. The van der Waals surface area contributed by atoms with Crippen molar-refractivity contribution in [3.8, 4) is 0 Å². The standard InChI is InChI=1S/C11H18O7/c12-7-8(13)11(16)17-9(14)5-3-1-2-4-6-10(15)18-11/h8,12-13,16H,1-7H2. The minimum Gasteiger partial charge on any atom is -0.396 e. The summed E-state index contributed by atoms with van der Waals surface area (Å²) < 4.78 is 9.11. The normalized spacial score (nSPS) is 23.5. The van der Waals surface area contributed by atoms with Gasteiger partial charge in [0.15, 0.2) is 6.10 Å². The van der Waals surface area contributed by atoms with Gasteiger partial charge in [0.1, 0.15) is 0 Å². The first kappa shape index (κ1) is 14.9. The summed E-state index contributed by atoms with van der Waals surface area (Å²) in [5, 5.41) is 27.9. The van der Waals surface area contributed by atoms with Crippen LogP contribution in [0.25, 0.3) is 0 Å². The largest absolute Gasteiger partial charge is 0.403 e. The monoisotopic (exact) mass is 262 g/mol. The van der Waals surface area contributed by atoms with E-state index in [4.69, 9.17) is 5.11 Å². The molecule has 1 aliphatic rings. The number of aliphatic hydroxyl groups excluding tert-OH is 2. The van der Waals surface area contributed by atoms with E-state index in [1.807, 2.05) is 0 Å². The summed E-state index contributed by atoms with van der Waals surface area (Å²) in [6, 6.07) is 0. The number of hydrogen-bond donors (Lipinski definition) is 3. The Kier molecular flexibility index (Phi) is 5.52. The summed E-state index contributed by atoms with van der Waals surface area (Å²) in [7, 11) is 0. The van der Waals surface area contributed by atoms with Crippen molar-refractivity contribution in [2.24, 2.45) is 0 Å². The quantitative estimate of drug-likeness (QED) is 0.571. The van der Waals surface area contributed by atoms with Gasteiger partial charge in [0.2, 0.25) is 0 Å². The number of cyclic esters (lactones) is 2. The Morgan fingerprint density at radius 3 is 1.89 bits per heavy atom. The number of carbonyl (C=O) groups is 2. The first-order chi connectivity index (χ1) is 8.48. The van der Waals surface area contributed by atoms with Crippen LogP contribution in [0.3, 0.4) is 0 Å². The van der Waals surface area contributed by atoms with Gasteiger partial charge in [-0.25, -0.2) is 0 Å². The summed E-state index contributed by atoms with van der Waals surface area (Å²) in [5.74, 6) is -4.40. The molecule has 0 aromatic carbocycles. The molecule has 1 fully saturated rings. The Labute approximate surface area is 104 Å². The molecule has 3 N–H and O–H groups in total. The van der Waals surface area contributed by atoms with E-state index >= 15 is 0 Å². The third kappa shape index (κ3) is 4.25. The molecule has 7 nitrogen and oxygen atoms in total. The molecule has 104 valence electrons. The SMILES string of the molecule is O=C1CCCCCCC(=O)OC(O)(C(O)CO)O1. The third-order valence-electron chi connectivity index (χ3n) is 2.63. The van der Waals surface area contributed by atoms with Crippen molar-refractivity contribution in [3.05, 3.63) is 0 Å². The molecule has 0 aliphatic carbocycles. The molecule has 0 aromatic heterocycles. The topological polar surface area (TPSA) is 113 Å². The van der Waals surface area contributed by atoms with Crippen molar-refractivity contribution in [1.82, 2.24) is 0 Å². The first-order valence-corrected chi connectivity index (χ1v) is 5.93. The number of ether oxygens (including phenoxy) is 2. The van der Waals surface area contributed by atoms with Gasteiger partial charge in [-0.1, -0.05) is 12.8 Å². The highest BCUT2D eigenvalue weighted by molar-refractivity contribution is 5.72. The zero-order valence-electron chi connectivity index (χ0n) is 10.0. The van der Waals surface area contributed by atoms with Crippen molar-refractivity contribution < 1.29 is 34.4 Å². The van der Waals surface area contributed by atoms with E-state index in [9.17, 15) is 19.8 Å². The summed E-state index contributed by atoms with van der Waals surface area (Å²) in [4.78, 5) is 22.8. The average molecular weight is 262 g/mol. The Morgan fingerprint density at radius 2 is 1.50 bits per heavy atom. The molecule has 1 rings (SSSR count). The average Bonchev–Trinajstić information content (AvgIpc) is 2.33. The molecule has 1 unspecified atom stereocenters. The second-order valence-corrected chi connectivity index (χ2v) is 4.19. The van der Waals surface area contributed by atoms with Crippen LogP contribution in [0.4, 0.5) is 0 Å². The molecular formula is C11H18O7. The minimum absolute atomic E-state index is 0.0536. The van der Waals surface area contributed by atoms with Gasteiger partial charge in [0.25, 0.3) is 0 Å². The molecule has 0 spiro atoms. The molecule has 0 radical (unpaired) electrons. The molecular weight excluding hydrogens is 244 g/mol. The van der Waals surface area contributed by atoms with Crippen molar-refractivity contribution in [2.45, 2.75) is 50.6 Å². The van der Waals surface area contributed by atoms with Crippen LogP contribution in [-0.2, 0) is 19.1 Å². The van der Waals surface area contributed by atoms with E-state index in [0.29, 0.717) is 12.8 Å². The number of hydrogen-bond acceptors (Lipinski definition) is 7. The molecule has 1 heterocycles.